The van der Waals surface area contributed by atoms with Crippen molar-refractivity contribution < 1.29 is 22.6 Å². The summed E-state index contributed by atoms with van der Waals surface area (Å²) >= 11 is 0. The van der Waals surface area contributed by atoms with E-state index >= 15 is 0 Å². The molecule has 0 atom stereocenters. The van der Waals surface area contributed by atoms with Gasteiger partial charge in [-0.15, -0.1) is 0 Å². The maximum absolute atomic E-state index is 11.9. The lowest BCUT2D eigenvalue weighted by Gasteiger charge is -2.12. The Labute approximate surface area is 91.0 Å². The van der Waals surface area contributed by atoms with Gasteiger partial charge in [0.2, 0.25) is 0 Å². The van der Waals surface area contributed by atoms with Gasteiger partial charge in [-0.25, -0.2) is 0 Å². The molecule has 16 heavy (non-hydrogen) atoms. The number of methoxy groups -OCH3 is 1. The third-order valence-corrected chi connectivity index (χ3v) is 1.83. The molecule has 3 nitrogen and oxygen atoms in total. The number of benzene rings is 1. The van der Waals surface area contributed by atoms with Crippen LogP contribution in [0.5, 0.6) is 11.5 Å². The van der Waals surface area contributed by atoms with Gasteiger partial charge in [0, 0.05) is 11.8 Å². The van der Waals surface area contributed by atoms with Crippen molar-refractivity contribution >= 4 is 5.69 Å². The SMILES string of the molecule is COc1ccc(N)cc1OCCC(F)(F)F. The zero-order chi connectivity index (χ0) is 12.2. The highest BCUT2D eigenvalue weighted by Gasteiger charge is 2.27. The van der Waals surface area contributed by atoms with Crippen LogP contribution >= 0.6 is 0 Å². The highest BCUT2D eigenvalue weighted by Crippen LogP contribution is 2.30. The van der Waals surface area contributed by atoms with Crippen LogP contribution in [0.15, 0.2) is 18.2 Å². The zero-order valence-corrected chi connectivity index (χ0v) is 8.67. The summed E-state index contributed by atoms with van der Waals surface area (Å²) in [4.78, 5) is 0. The summed E-state index contributed by atoms with van der Waals surface area (Å²) in [5, 5.41) is 0. The molecular formula is C10H12F3NO2. The standard InChI is InChI=1S/C10H12F3NO2/c1-15-8-3-2-7(14)6-9(8)16-5-4-10(11,12)13/h2-3,6H,4-5,14H2,1H3. The fourth-order valence-electron chi connectivity index (χ4n) is 1.08. The Hall–Kier alpha value is -1.59. The van der Waals surface area contributed by atoms with Gasteiger partial charge in [0.05, 0.1) is 20.1 Å². The smallest absolute Gasteiger partial charge is 0.392 e. The van der Waals surface area contributed by atoms with Gasteiger partial charge < -0.3 is 15.2 Å². The molecular weight excluding hydrogens is 223 g/mol. The van der Waals surface area contributed by atoms with E-state index in [9.17, 15) is 13.2 Å². The fraction of sp³-hybridized carbons (Fsp3) is 0.400. The molecule has 6 heteroatoms. The number of hydrogen-bond acceptors (Lipinski definition) is 3. The molecule has 0 bridgehead atoms. The number of halogens is 3. The van der Waals surface area contributed by atoms with Crippen LogP contribution in [-0.2, 0) is 0 Å². The van der Waals surface area contributed by atoms with Crippen LogP contribution < -0.4 is 15.2 Å². The molecule has 2 N–H and O–H groups in total. The lowest BCUT2D eigenvalue weighted by Crippen LogP contribution is -2.13. The zero-order valence-electron chi connectivity index (χ0n) is 8.67. The Morgan fingerprint density at radius 2 is 1.94 bits per heavy atom. The summed E-state index contributed by atoms with van der Waals surface area (Å²) in [6.07, 6.45) is -5.24. The number of hydrogen-bond donors (Lipinski definition) is 1. The van der Waals surface area contributed by atoms with E-state index in [2.05, 4.69) is 0 Å². The van der Waals surface area contributed by atoms with Crippen molar-refractivity contribution in [3.63, 3.8) is 0 Å². The second kappa shape index (κ2) is 4.96. The van der Waals surface area contributed by atoms with Crippen LogP contribution in [0, 0.1) is 0 Å². The molecule has 0 aliphatic carbocycles. The van der Waals surface area contributed by atoms with Crippen molar-refractivity contribution in [2.45, 2.75) is 12.6 Å². The fourth-order valence-corrected chi connectivity index (χ4v) is 1.08. The van der Waals surface area contributed by atoms with Gasteiger partial charge in [-0.3, -0.25) is 0 Å². The van der Waals surface area contributed by atoms with E-state index in [4.69, 9.17) is 15.2 Å². The van der Waals surface area contributed by atoms with Crippen LogP contribution in [0.2, 0.25) is 0 Å². The Kier molecular flexibility index (Phi) is 3.87. The lowest BCUT2D eigenvalue weighted by atomic mass is 10.3. The van der Waals surface area contributed by atoms with E-state index in [-0.39, 0.29) is 5.75 Å². The molecule has 0 aliphatic heterocycles. The van der Waals surface area contributed by atoms with E-state index < -0.39 is 19.2 Å². The van der Waals surface area contributed by atoms with Crippen molar-refractivity contribution in [2.24, 2.45) is 0 Å². The van der Waals surface area contributed by atoms with E-state index in [1.54, 1.807) is 6.07 Å². The minimum Gasteiger partial charge on any atom is -0.493 e. The van der Waals surface area contributed by atoms with Gasteiger partial charge in [-0.05, 0) is 12.1 Å². The topological polar surface area (TPSA) is 44.5 Å². The second-order valence-corrected chi connectivity index (χ2v) is 3.12. The average Bonchev–Trinajstić information content (AvgIpc) is 2.16. The largest absolute Gasteiger partial charge is 0.493 e. The van der Waals surface area contributed by atoms with E-state index in [0.29, 0.717) is 11.4 Å². The predicted octanol–water partition coefficient (Wildman–Crippen LogP) is 2.61. The molecule has 0 fully saturated rings. The Balaban J connectivity index is 2.62. The van der Waals surface area contributed by atoms with Gasteiger partial charge in [0.15, 0.2) is 11.5 Å². The molecule has 1 aromatic rings. The first-order chi connectivity index (χ1) is 7.42. The minimum absolute atomic E-state index is 0.215. The molecule has 1 rings (SSSR count). The molecule has 90 valence electrons. The summed E-state index contributed by atoms with van der Waals surface area (Å²) in [5.74, 6) is 0.572. The van der Waals surface area contributed by atoms with Crippen LogP contribution in [0.4, 0.5) is 18.9 Å². The van der Waals surface area contributed by atoms with Gasteiger partial charge in [0.25, 0.3) is 0 Å². The first kappa shape index (κ1) is 12.5. The van der Waals surface area contributed by atoms with Crippen molar-refractivity contribution in [2.75, 3.05) is 19.5 Å². The molecule has 0 aliphatic rings. The number of alkyl halides is 3. The molecule has 0 saturated carbocycles. The first-order valence-electron chi connectivity index (χ1n) is 4.55. The minimum atomic E-state index is -4.23. The summed E-state index contributed by atoms with van der Waals surface area (Å²) in [6, 6.07) is 4.54. The van der Waals surface area contributed by atoms with Gasteiger partial charge in [0.1, 0.15) is 0 Å². The highest BCUT2D eigenvalue weighted by atomic mass is 19.4. The predicted molar refractivity (Wildman–Crippen MR) is 53.6 cm³/mol. The number of rotatable bonds is 4. The molecule has 0 heterocycles. The van der Waals surface area contributed by atoms with Gasteiger partial charge in [-0.1, -0.05) is 0 Å². The van der Waals surface area contributed by atoms with Crippen LogP contribution in [0.1, 0.15) is 6.42 Å². The molecule has 1 aromatic carbocycles. The van der Waals surface area contributed by atoms with E-state index in [1.807, 2.05) is 0 Å². The summed E-state index contributed by atoms with van der Waals surface area (Å²) in [7, 11) is 1.40. The van der Waals surface area contributed by atoms with Gasteiger partial charge >= 0.3 is 6.18 Å². The van der Waals surface area contributed by atoms with Crippen LogP contribution in [0.25, 0.3) is 0 Å². The van der Waals surface area contributed by atoms with Crippen LogP contribution in [0.3, 0.4) is 0 Å². The Morgan fingerprint density at radius 1 is 1.25 bits per heavy atom. The highest BCUT2D eigenvalue weighted by molar-refractivity contribution is 5.51. The van der Waals surface area contributed by atoms with Crippen LogP contribution in [-0.4, -0.2) is 19.9 Å². The summed E-state index contributed by atoms with van der Waals surface area (Å²) < 4.78 is 45.5. The maximum Gasteiger partial charge on any atom is 0.392 e. The molecule has 0 aromatic heterocycles. The number of nitrogens with two attached hydrogens (primary N) is 1. The lowest BCUT2D eigenvalue weighted by molar-refractivity contribution is -0.139. The normalized spacial score (nSPS) is 11.2. The third kappa shape index (κ3) is 3.88. The third-order valence-electron chi connectivity index (χ3n) is 1.83. The quantitative estimate of drug-likeness (QED) is 0.816. The average molecular weight is 235 g/mol. The van der Waals surface area contributed by atoms with Crippen molar-refractivity contribution in [3.05, 3.63) is 18.2 Å². The Bertz CT molecular complexity index is 352. The maximum atomic E-state index is 11.9. The Morgan fingerprint density at radius 3 is 2.50 bits per heavy atom. The molecule has 0 radical (unpaired) electrons. The summed E-state index contributed by atoms with van der Waals surface area (Å²) in [5.41, 5.74) is 5.89. The molecule has 0 amide bonds. The van der Waals surface area contributed by atoms with Crippen molar-refractivity contribution in [1.82, 2.24) is 0 Å². The van der Waals surface area contributed by atoms with E-state index in [0.717, 1.165) is 0 Å². The second-order valence-electron chi connectivity index (χ2n) is 3.12. The van der Waals surface area contributed by atoms with Crippen molar-refractivity contribution in [1.29, 1.82) is 0 Å². The monoisotopic (exact) mass is 235 g/mol. The van der Waals surface area contributed by atoms with Crippen molar-refractivity contribution in [3.8, 4) is 11.5 Å². The number of anilines is 1. The first-order valence-corrected chi connectivity index (χ1v) is 4.55. The molecule has 0 spiro atoms. The van der Waals surface area contributed by atoms with Gasteiger partial charge in [-0.2, -0.15) is 13.2 Å². The number of nitrogen functional groups attached to an aromatic ring is 1. The summed E-state index contributed by atoms with van der Waals surface area (Å²) in [6.45, 7) is -0.455. The molecule has 0 saturated heterocycles. The molecule has 0 unspecified atom stereocenters. The number of ether oxygens (including phenoxy) is 2. The van der Waals surface area contributed by atoms with E-state index in [1.165, 1.54) is 19.2 Å².